The quantitative estimate of drug-likeness (QED) is 0.790. The third-order valence-corrected chi connectivity index (χ3v) is 4.05. The van der Waals surface area contributed by atoms with Crippen molar-refractivity contribution in [3.8, 4) is 0 Å². The standard InChI is InChI=1S/C14H20N4S/c1-3-9-18-14(10-16-17-18)13(15-2)11-19-12-7-5-4-6-8-12/h4-8,10,13,15H,3,9,11H2,1-2H3. The molecule has 2 rings (SSSR count). The molecule has 2 aromatic rings. The summed E-state index contributed by atoms with van der Waals surface area (Å²) in [7, 11) is 1.99. The highest BCUT2D eigenvalue weighted by Gasteiger charge is 2.15. The Balaban J connectivity index is 2.01. The zero-order valence-corrected chi connectivity index (χ0v) is 12.2. The second-order valence-electron chi connectivity index (χ2n) is 4.35. The Kier molecular flexibility index (Phi) is 5.42. The van der Waals surface area contributed by atoms with Crippen LogP contribution in [0.2, 0.25) is 0 Å². The van der Waals surface area contributed by atoms with Gasteiger partial charge in [0, 0.05) is 17.2 Å². The highest BCUT2D eigenvalue weighted by Crippen LogP contribution is 2.24. The van der Waals surface area contributed by atoms with Gasteiger partial charge in [0.25, 0.3) is 0 Å². The molecule has 4 nitrogen and oxygen atoms in total. The summed E-state index contributed by atoms with van der Waals surface area (Å²) in [6.07, 6.45) is 2.93. The summed E-state index contributed by atoms with van der Waals surface area (Å²) in [6, 6.07) is 10.7. The molecule has 0 saturated carbocycles. The molecule has 1 unspecified atom stereocenters. The van der Waals surface area contributed by atoms with Crippen molar-refractivity contribution in [1.82, 2.24) is 20.3 Å². The maximum Gasteiger partial charge on any atom is 0.0765 e. The van der Waals surface area contributed by atoms with Crippen LogP contribution in [-0.4, -0.2) is 27.8 Å². The van der Waals surface area contributed by atoms with Crippen LogP contribution >= 0.6 is 11.8 Å². The molecule has 0 aliphatic rings. The van der Waals surface area contributed by atoms with Crippen LogP contribution in [0.5, 0.6) is 0 Å². The van der Waals surface area contributed by atoms with Crippen LogP contribution in [0.4, 0.5) is 0 Å². The van der Waals surface area contributed by atoms with Gasteiger partial charge in [-0.25, -0.2) is 4.68 Å². The Morgan fingerprint density at radius 2 is 2.11 bits per heavy atom. The Morgan fingerprint density at radius 3 is 2.79 bits per heavy atom. The van der Waals surface area contributed by atoms with Crippen molar-refractivity contribution in [2.75, 3.05) is 12.8 Å². The predicted molar refractivity (Wildman–Crippen MR) is 79.3 cm³/mol. The first-order valence-electron chi connectivity index (χ1n) is 6.58. The van der Waals surface area contributed by atoms with E-state index in [1.54, 1.807) is 0 Å². The average molecular weight is 276 g/mol. The second kappa shape index (κ2) is 7.31. The number of benzene rings is 1. The molecule has 0 radical (unpaired) electrons. The van der Waals surface area contributed by atoms with Gasteiger partial charge in [0.05, 0.1) is 17.9 Å². The first kappa shape index (κ1) is 14.1. The van der Waals surface area contributed by atoms with Crippen LogP contribution in [0.25, 0.3) is 0 Å². The van der Waals surface area contributed by atoms with Gasteiger partial charge in [-0.2, -0.15) is 0 Å². The van der Waals surface area contributed by atoms with Crippen molar-refractivity contribution in [2.45, 2.75) is 30.8 Å². The van der Waals surface area contributed by atoms with Gasteiger partial charge in [0.2, 0.25) is 0 Å². The molecule has 0 amide bonds. The summed E-state index contributed by atoms with van der Waals surface area (Å²) in [5.74, 6) is 0.970. The molecule has 0 saturated heterocycles. The first-order chi connectivity index (χ1) is 9.35. The van der Waals surface area contributed by atoms with Gasteiger partial charge in [-0.05, 0) is 25.6 Å². The minimum atomic E-state index is 0.270. The average Bonchev–Trinajstić information content (AvgIpc) is 2.90. The zero-order chi connectivity index (χ0) is 13.5. The fraction of sp³-hybridized carbons (Fsp3) is 0.429. The van der Waals surface area contributed by atoms with Crippen molar-refractivity contribution in [1.29, 1.82) is 0 Å². The molecule has 1 aromatic heterocycles. The molecule has 0 fully saturated rings. The summed E-state index contributed by atoms with van der Waals surface area (Å²) >= 11 is 1.85. The van der Waals surface area contributed by atoms with E-state index in [2.05, 4.69) is 46.8 Å². The second-order valence-corrected chi connectivity index (χ2v) is 5.44. The van der Waals surface area contributed by atoms with Crippen LogP contribution in [0.15, 0.2) is 41.4 Å². The van der Waals surface area contributed by atoms with Crippen molar-refractivity contribution in [3.05, 3.63) is 42.2 Å². The van der Waals surface area contributed by atoms with Crippen molar-refractivity contribution >= 4 is 11.8 Å². The fourth-order valence-corrected chi connectivity index (χ4v) is 2.98. The van der Waals surface area contributed by atoms with Crippen LogP contribution in [0.3, 0.4) is 0 Å². The lowest BCUT2D eigenvalue weighted by Gasteiger charge is -2.16. The molecule has 19 heavy (non-hydrogen) atoms. The third kappa shape index (κ3) is 3.81. The maximum absolute atomic E-state index is 4.15. The normalized spacial score (nSPS) is 12.5. The van der Waals surface area contributed by atoms with Crippen LogP contribution in [-0.2, 0) is 6.54 Å². The summed E-state index contributed by atoms with van der Waals surface area (Å²) in [5, 5.41) is 11.5. The minimum Gasteiger partial charge on any atom is -0.311 e. The highest BCUT2D eigenvalue weighted by atomic mass is 32.2. The van der Waals surface area contributed by atoms with Crippen molar-refractivity contribution < 1.29 is 0 Å². The zero-order valence-electron chi connectivity index (χ0n) is 11.4. The van der Waals surface area contributed by atoms with E-state index in [1.807, 2.05) is 35.8 Å². The van der Waals surface area contributed by atoms with E-state index in [-0.39, 0.29) is 6.04 Å². The number of rotatable bonds is 7. The van der Waals surface area contributed by atoms with E-state index < -0.39 is 0 Å². The molecule has 1 atom stereocenters. The smallest absolute Gasteiger partial charge is 0.0765 e. The first-order valence-corrected chi connectivity index (χ1v) is 7.57. The molecule has 5 heteroatoms. The van der Waals surface area contributed by atoms with Gasteiger partial charge < -0.3 is 5.32 Å². The number of hydrogen-bond acceptors (Lipinski definition) is 4. The summed E-state index contributed by atoms with van der Waals surface area (Å²) in [6.45, 7) is 3.07. The van der Waals surface area contributed by atoms with Crippen molar-refractivity contribution in [2.24, 2.45) is 0 Å². The lowest BCUT2D eigenvalue weighted by molar-refractivity contribution is 0.514. The van der Waals surface area contributed by atoms with Gasteiger partial charge in [-0.15, -0.1) is 16.9 Å². The van der Waals surface area contributed by atoms with E-state index in [4.69, 9.17) is 0 Å². The van der Waals surface area contributed by atoms with Gasteiger partial charge in [0.15, 0.2) is 0 Å². The largest absolute Gasteiger partial charge is 0.311 e. The molecule has 0 bridgehead atoms. The minimum absolute atomic E-state index is 0.270. The Morgan fingerprint density at radius 1 is 1.32 bits per heavy atom. The maximum atomic E-state index is 4.15. The lowest BCUT2D eigenvalue weighted by atomic mass is 10.2. The third-order valence-electron chi connectivity index (χ3n) is 2.95. The number of thioether (sulfide) groups is 1. The molecule has 0 spiro atoms. The van der Waals surface area contributed by atoms with E-state index in [1.165, 1.54) is 4.90 Å². The molecule has 1 heterocycles. The topological polar surface area (TPSA) is 42.7 Å². The summed E-state index contributed by atoms with van der Waals surface area (Å²) in [4.78, 5) is 1.29. The SMILES string of the molecule is CCCn1nncc1C(CSc1ccccc1)NC. The van der Waals surface area contributed by atoms with Gasteiger partial charge in [-0.1, -0.05) is 30.3 Å². The van der Waals surface area contributed by atoms with E-state index in [0.717, 1.165) is 24.4 Å². The molecule has 1 N–H and O–H groups in total. The Labute approximate surface area is 118 Å². The van der Waals surface area contributed by atoms with E-state index >= 15 is 0 Å². The number of aromatic nitrogens is 3. The molecule has 0 aliphatic heterocycles. The highest BCUT2D eigenvalue weighted by molar-refractivity contribution is 7.99. The van der Waals surface area contributed by atoms with Crippen LogP contribution in [0, 0.1) is 0 Å². The molecular formula is C14H20N4S. The Hall–Kier alpha value is -1.33. The molecule has 102 valence electrons. The Bertz CT molecular complexity index is 483. The number of hydrogen-bond donors (Lipinski definition) is 1. The van der Waals surface area contributed by atoms with E-state index in [9.17, 15) is 0 Å². The lowest BCUT2D eigenvalue weighted by Crippen LogP contribution is -2.22. The van der Waals surface area contributed by atoms with Gasteiger partial charge in [-0.3, -0.25) is 0 Å². The van der Waals surface area contributed by atoms with Crippen LogP contribution < -0.4 is 5.32 Å². The predicted octanol–water partition coefficient (Wildman–Crippen LogP) is 2.74. The number of nitrogens with one attached hydrogen (secondary N) is 1. The van der Waals surface area contributed by atoms with Crippen LogP contribution in [0.1, 0.15) is 25.1 Å². The van der Waals surface area contributed by atoms with Gasteiger partial charge >= 0.3 is 0 Å². The number of aryl methyl sites for hydroxylation is 1. The molecule has 0 aliphatic carbocycles. The molecule has 1 aromatic carbocycles. The molecular weight excluding hydrogens is 256 g/mol. The summed E-state index contributed by atoms with van der Waals surface area (Å²) < 4.78 is 1.99. The summed E-state index contributed by atoms with van der Waals surface area (Å²) in [5.41, 5.74) is 1.16. The fourth-order valence-electron chi connectivity index (χ4n) is 1.93. The monoisotopic (exact) mass is 276 g/mol. The van der Waals surface area contributed by atoms with Crippen molar-refractivity contribution in [3.63, 3.8) is 0 Å². The van der Waals surface area contributed by atoms with E-state index in [0.29, 0.717) is 0 Å². The van der Waals surface area contributed by atoms with Gasteiger partial charge in [0.1, 0.15) is 0 Å². The number of nitrogens with zero attached hydrogens (tertiary/aromatic N) is 3.